The fourth-order valence-corrected chi connectivity index (χ4v) is 2.11. The molecular weight excluding hydrogens is 294 g/mol. The number of Topliss-reactive ketones (excluding diaryl/α,β-unsaturated/α-hetero) is 1. The molecule has 1 aromatic rings. The molecule has 0 aliphatic carbocycles. The van der Waals surface area contributed by atoms with Crippen LogP contribution in [0.4, 0.5) is 8.78 Å². The summed E-state index contributed by atoms with van der Waals surface area (Å²) in [5, 5.41) is 0. The summed E-state index contributed by atoms with van der Waals surface area (Å²) < 4.78 is 29.0. The quantitative estimate of drug-likeness (QED) is 0.772. The number of carbonyl (C=O) groups excluding carboxylic acids is 1. The number of benzene rings is 1. The molecule has 94 valence electrons. The number of ketones is 1. The smallest absolute Gasteiger partial charge is 0.387 e. The van der Waals surface area contributed by atoms with E-state index in [0.29, 0.717) is 12.0 Å². The van der Waals surface area contributed by atoms with Gasteiger partial charge in [0.2, 0.25) is 0 Å². The summed E-state index contributed by atoms with van der Waals surface area (Å²) in [4.78, 5) is 10.7. The van der Waals surface area contributed by atoms with Crippen LogP contribution in [0.15, 0.2) is 18.2 Å². The molecule has 0 heterocycles. The van der Waals surface area contributed by atoms with Gasteiger partial charge in [-0.15, -0.1) is 0 Å². The normalized spacial score (nSPS) is 12.6. The summed E-state index contributed by atoms with van der Waals surface area (Å²) >= 11 is 3.21. The first kappa shape index (κ1) is 14.1. The van der Waals surface area contributed by atoms with Crippen LogP contribution in [-0.4, -0.2) is 12.4 Å². The number of alkyl halides is 3. The Morgan fingerprint density at radius 3 is 2.59 bits per heavy atom. The standard InChI is InChI=1S/C12H13BrF2O2/c1-3-8-5-4-6-9(17-12(14)15)10(8)11(13)7(2)16/h4-6,11-12H,3H2,1-2H3. The van der Waals surface area contributed by atoms with Gasteiger partial charge in [-0.1, -0.05) is 35.0 Å². The second kappa shape index (κ2) is 6.10. The average molecular weight is 307 g/mol. The van der Waals surface area contributed by atoms with Gasteiger partial charge >= 0.3 is 6.61 Å². The fraction of sp³-hybridized carbons (Fsp3) is 0.417. The SMILES string of the molecule is CCc1cccc(OC(F)F)c1C(Br)C(C)=O. The molecule has 0 saturated carbocycles. The number of hydrogen-bond acceptors (Lipinski definition) is 2. The Hall–Kier alpha value is -0.970. The molecule has 1 unspecified atom stereocenters. The van der Waals surface area contributed by atoms with E-state index in [2.05, 4.69) is 20.7 Å². The lowest BCUT2D eigenvalue weighted by atomic mass is 9.99. The Morgan fingerprint density at radius 2 is 2.12 bits per heavy atom. The Morgan fingerprint density at radius 1 is 1.47 bits per heavy atom. The highest BCUT2D eigenvalue weighted by Crippen LogP contribution is 2.35. The second-order valence-electron chi connectivity index (χ2n) is 3.53. The van der Waals surface area contributed by atoms with E-state index < -0.39 is 11.4 Å². The van der Waals surface area contributed by atoms with Crippen LogP contribution in [0.25, 0.3) is 0 Å². The highest BCUT2D eigenvalue weighted by molar-refractivity contribution is 9.09. The number of hydrogen-bond donors (Lipinski definition) is 0. The molecule has 0 spiro atoms. The number of ether oxygens (including phenoxy) is 1. The molecule has 0 saturated heterocycles. The van der Waals surface area contributed by atoms with Gasteiger partial charge in [0.05, 0.1) is 0 Å². The molecular formula is C12H13BrF2O2. The maximum atomic E-state index is 12.3. The minimum atomic E-state index is -2.90. The van der Waals surface area contributed by atoms with Crippen molar-refractivity contribution in [2.24, 2.45) is 0 Å². The molecule has 5 heteroatoms. The van der Waals surface area contributed by atoms with Crippen molar-refractivity contribution in [3.63, 3.8) is 0 Å². The maximum Gasteiger partial charge on any atom is 0.387 e. The number of aryl methyl sites for hydroxylation is 1. The minimum Gasteiger partial charge on any atom is -0.434 e. The molecule has 0 radical (unpaired) electrons. The Balaban J connectivity index is 3.24. The molecule has 1 atom stereocenters. The molecule has 0 aliphatic heterocycles. The van der Waals surface area contributed by atoms with E-state index in [9.17, 15) is 13.6 Å². The van der Waals surface area contributed by atoms with Crippen LogP contribution in [0.2, 0.25) is 0 Å². The summed E-state index contributed by atoms with van der Waals surface area (Å²) in [6, 6.07) is 4.88. The third-order valence-electron chi connectivity index (χ3n) is 2.36. The Labute approximate surface area is 107 Å². The highest BCUT2D eigenvalue weighted by Gasteiger charge is 2.22. The van der Waals surface area contributed by atoms with E-state index in [4.69, 9.17) is 0 Å². The van der Waals surface area contributed by atoms with Crippen LogP contribution in [0, 0.1) is 0 Å². The van der Waals surface area contributed by atoms with E-state index in [-0.39, 0.29) is 11.5 Å². The van der Waals surface area contributed by atoms with Gasteiger partial charge in [-0.3, -0.25) is 4.79 Å². The molecule has 0 aliphatic rings. The van der Waals surface area contributed by atoms with Crippen LogP contribution in [-0.2, 0) is 11.2 Å². The van der Waals surface area contributed by atoms with Crippen molar-refractivity contribution in [1.82, 2.24) is 0 Å². The van der Waals surface area contributed by atoms with E-state index >= 15 is 0 Å². The molecule has 0 aromatic heterocycles. The Kier molecular flexibility index (Phi) is 5.05. The average Bonchev–Trinajstić information content (AvgIpc) is 2.26. The van der Waals surface area contributed by atoms with Crippen molar-refractivity contribution >= 4 is 21.7 Å². The number of halogens is 3. The first-order valence-corrected chi connectivity index (χ1v) is 6.10. The molecule has 17 heavy (non-hydrogen) atoms. The van der Waals surface area contributed by atoms with Gasteiger partial charge < -0.3 is 4.74 Å². The lowest BCUT2D eigenvalue weighted by molar-refractivity contribution is -0.116. The topological polar surface area (TPSA) is 26.3 Å². The molecule has 0 fully saturated rings. The first-order valence-electron chi connectivity index (χ1n) is 5.18. The minimum absolute atomic E-state index is 0.0522. The monoisotopic (exact) mass is 306 g/mol. The van der Waals surface area contributed by atoms with Gasteiger partial charge in [-0.05, 0) is 25.0 Å². The zero-order chi connectivity index (χ0) is 13.0. The molecule has 2 nitrogen and oxygen atoms in total. The van der Waals surface area contributed by atoms with Crippen molar-refractivity contribution in [1.29, 1.82) is 0 Å². The molecule has 1 aromatic carbocycles. The number of carbonyl (C=O) groups is 1. The lowest BCUT2D eigenvalue weighted by Crippen LogP contribution is -2.10. The van der Waals surface area contributed by atoms with Crippen molar-refractivity contribution < 1.29 is 18.3 Å². The van der Waals surface area contributed by atoms with E-state index in [1.165, 1.54) is 13.0 Å². The number of rotatable bonds is 5. The zero-order valence-electron chi connectivity index (χ0n) is 9.54. The van der Waals surface area contributed by atoms with Gasteiger partial charge in [0.1, 0.15) is 16.4 Å². The summed E-state index contributed by atoms with van der Waals surface area (Å²) in [5.74, 6) is -0.0959. The van der Waals surface area contributed by atoms with Crippen LogP contribution < -0.4 is 4.74 Å². The van der Waals surface area contributed by atoms with Gasteiger partial charge in [-0.25, -0.2) is 0 Å². The van der Waals surface area contributed by atoms with Crippen molar-refractivity contribution in [2.75, 3.05) is 0 Å². The van der Waals surface area contributed by atoms with Crippen molar-refractivity contribution in [3.8, 4) is 5.75 Å². The second-order valence-corrected chi connectivity index (χ2v) is 4.45. The van der Waals surface area contributed by atoms with Gasteiger partial charge in [0.25, 0.3) is 0 Å². The van der Waals surface area contributed by atoms with Crippen LogP contribution in [0.1, 0.15) is 29.8 Å². The van der Waals surface area contributed by atoms with Gasteiger partial charge in [-0.2, -0.15) is 8.78 Å². The molecule has 0 amide bonds. The van der Waals surface area contributed by atoms with E-state index in [1.807, 2.05) is 6.92 Å². The van der Waals surface area contributed by atoms with Gasteiger partial charge in [0, 0.05) is 5.56 Å². The van der Waals surface area contributed by atoms with Crippen LogP contribution in [0.3, 0.4) is 0 Å². The Bertz CT molecular complexity index is 407. The first-order chi connectivity index (χ1) is 7.97. The summed E-state index contributed by atoms with van der Waals surface area (Å²) in [6.45, 7) is 0.399. The summed E-state index contributed by atoms with van der Waals surface area (Å²) in [6.07, 6.45) is 0.644. The third kappa shape index (κ3) is 3.49. The molecule has 0 N–H and O–H groups in total. The van der Waals surface area contributed by atoms with E-state index in [0.717, 1.165) is 5.56 Å². The van der Waals surface area contributed by atoms with Crippen molar-refractivity contribution in [2.45, 2.75) is 31.7 Å². The van der Waals surface area contributed by atoms with Crippen LogP contribution >= 0.6 is 15.9 Å². The largest absolute Gasteiger partial charge is 0.434 e. The predicted molar refractivity (Wildman–Crippen MR) is 64.8 cm³/mol. The maximum absolute atomic E-state index is 12.3. The molecule has 1 rings (SSSR count). The zero-order valence-corrected chi connectivity index (χ0v) is 11.1. The summed E-state index contributed by atoms with van der Waals surface area (Å²) in [7, 11) is 0. The predicted octanol–water partition coefficient (Wildman–Crippen LogP) is 3.88. The van der Waals surface area contributed by atoms with E-state index in [1.54, 1.807) is 12.1 Å². The highest BCUT2D eigenvalue weighted by atomic mass is 79.9. The van der Waals surface area contributed by atoms with Crippen LogP contribution in [0.5, 0.6) is 5.75 Å². The summed E-state index contributed by atoms with van der Waals surface area (Å²) in [5.41, 5.74) is 1.31. The van der Waals surface area contributed by atoms with Crippen molar-refractivity contribution in [3.05, 3.63) is 29.3 Å². The lowest BCUT2D eigenvalue weighted by Gasteiger charge is -2.17. The van der Waals surface area contributed by atoms with Gasteiger partial charge in [0.15, 0.2) is 0 Å². The molecule has 0 bridgehead atoms. The fourth-order valence-electron chi connectivity index (χ4n) is 1.59. The third-order valence-corrected chi connectivity index (χ3v) is 3.47.